The second-order valence-electron chi connectivity index (χ2n) is 14.2. The van der Waals surface area contributed by atoms with Gasteiger partial charge in [0.2, 0.25) is 12.2 Å². The minimum absolute atomic E-state index is 0.0141. The smallest absolute Gasteiger partial charge is 0.242 e. The molecule has 1 amide bonds. The average Bonchev–Trinajstić information content (AvgIpc) is 3.60. The predicted molar refractivity (Wildman–Crippen MR) is 191 cm³/mol. The van der Waals surface area contributed by atoms with Crippen LogP contribution in [0.2, 0.25) is 0 Å². The van der Waals surface area contributed by atoms with E-state index in [0.29, 0.717) is 16.8 Å². The number of benzene rings is 3. The molecule has 9 atom stereocenters. The summed E-state index contributed by atoms with van der Waals surface area (Å²) in [6.07, 6.45) is -8.09. The maximum Gasteiger partial charge on any atom is 0.242 e. The van der Waals surface area contributed by atoms with Gasteiger partial charge in [-0.25, -0.2) is 0 Å². The summed E-state index contributed by atoms with van der Waals surface area (Å²) in [7, 11) is 0. The largest absolute Gasteiger partial charge is 0.486 e. The van der Waals surface area contributed by atoms with Gasteiger partial charge in [0.1, 0.15) is 43.4 Å². The van der Waals surface area contributed by atoms with Gasteiger partial charge in [0.25, 0.3) is 0 Å². The van der Waals surface area contributed by atoms with E-state index in [1.54, 1.807) is 24.3 Å². The van der Waals surface area contributed by atoms with Crippen LogP contribution in [0.1, 0.15) is 61.7 Å². The Labute approximate surface area is 314 Å². The van der Waals surface area contributed by atoms with Crippen LogP contribution >= 0.6 is 0 Å². The van der Waals surface area contributed by atoms with Crippen molar-refractivity contribution in [1.82, 2.24) is 16.0 Å². The lowest BCUT2D eigenvalue weighted by atomic mass is 9.78. The molecule has 3 fully saturated rings. The number of nitrogens with two attached hydrogens (primary N) is 1. The molecule has 5 aliphatic rings. The van der Waals surface area contributed by atoms with Crippen LogP contribution in [0.3, 0.4) is 0 Å². The zero-order valence-electron chi connectivity index (χ0n) is 29.6. The van der Waals surface area contributed by atoms with Gasteiger partial charge >= 0.3 is 0 Å². The van der Waals surface area contributed by atoms with Crippen LogP contribution in [0.15, 0.2) is 54.6 Å². The second kappa shape index (κ2) is 14.8. The van der Waals surface area contributed by atoms with E-state index in [0.717, 1.165) is 0 Å². The number of nitrogens with one attached hydrogen (secondary N) is 3. The summed E-state index contributed by atoms with van der Waals surface area (Å²) in [6.45, 7) is -1.34. The van der Waals surface area contributed by atoms with Crippen molar-refractivity contribution in [2.75, 3.05) is 44.6 Å². The van der Waals surface area contributed by atoms with Crippen molar-refractivity contribution in [3.8, 4) is 11.5 Å². The molecule has 17 heteroatoms. The molecule has 2 bridgehead atoms. The number of carbonyl (C=O) groups excluding carboxylic acids is 3. The topological polar surface area (TPSA) is 255 Å². The SMILES string of the molecule is NC1NC(=O)C2NCN(c3ccccc3C3CCOCC4OC(Oc5c3cc3c(c5OCCO)C(=O)c5ccccc5C3=O)C(O)(CCO)C(O)C4O)C2N1. The molecule has 4 heterocycles. The van der Waals surface area contributed by atoms with E-state index in [-0.39, 0.29) is 72.6 Å². The Balaban J connectivity index is 1.37. The van der Waals surface area contributed by atoms with Crippen LogP contribution < -0.4 is 36.1 Å². The van der Waals surface area contributed by atoms with Gasteiger partial charge in [0.05, 0.1) is 25.4 Å². The fraction of sp³-hybridized carbons (Fsp3) is 0.447. The number of ether oxygens (including phenoxy) is 4. The molecule has 17 nitrogen and oxygen atoms in total. The molecule has 0 aromatic heterocycles. The number of anilines is 1. The first-order valence-corrected chi connectivity index (χ1v) is 18.2. The third-order valence-corrected chi connectivity index (χ3v) is 11.0. The fourth-order valence-electron chi connectivity index (χ4n) is 8.34. The fourth-order valence-corrected chi connectivity index (χ4v) is 8.34. The zero-order chi connectivity index (χ0) is 38.6. The number of hydrogen-bond donors (Lipinski definition) is 9. The number of rotatable bonds is 7. The molecule has 55 heavy (non-hydrogen) atoms. The molecular weight excluding hydrogens is 718 g/mol. The summed E-state index contributed by atoms with van der Waals surface area (Å²) >= 11 is 0. The lowest BCUT2D eigenvalue weighted by Crippen LogP contribution is -2.70. The Kier molecular flexibility index (Phi) is 10.1. The number of aliphatic hydroxyl groups excluding tert-OH is 4. The molecule has 10 N–H and O–H groups in total. The van der Waals surface area contributed by atoms with Crippen molar-refractivity contribution >= 4 is 23.2 Å². The summed E-state index contributed by atoms with van der Waals surface area (Å²) in [4.78, 5) is 43.5. The first-order valence-electron chi connectivity index (χ1n) is 18.2. The molecule has 9 unspecified atom stereocenters. The number of aliphatic hydroxyl groups is 5. The minimum atomic E-state index is -2.39. The number of ketones is 2. The predicted octanol–water partition coefficient (Wildman–Crippen LogP) is -1.65. The average molecular weight is 762 g/mol. The number of amides is 1. The number of carbonyl (C=O) groups is 3. The van der Waals surface area contributed by atoms with Crippen LogP contribution in [0.25, 0.3) is 0 Å². The maximum atomic E-state index is 14.3. The van der Waals surface area contributed by atoms with Gasteiger partial charge < -0.3 is 54.7 Å². The molecule has 0 saturated carbocycles. The number of fused-ring (bicyclic) bond motifs is 6. The third kappa shape index (κ3) is 6.26. The van der Waals surface area contributed by atoms with Crippen LogP contribution in [-0.4, -0.2) is 131 Å². The molecule has 0 spiro atoms. The van der Waals surface area contributed by atoms with Gasteiger partial charge in [0, 0.05) is 53.5 Å². The first kappa shape index (κ1) is 37.4. The molecule has 3 saturated heterocycles. The number of hydrogen-bond acceptors (Lipinski definition) is 16. The Bertz CT molecular complexity index is 2000. The molecule has 3 aromatic rings. The van der Waals surface area contributed by atoms with Gasteiger partial charge in [-0.2, -0.15) is 0 Å². The van der Waals surface area contributed by atoms with Gasteiger partial charge in [-0.15, -0.1) is 0 Å². The Morgan fingerprint density at radius 2 is 1.71 bits per heavy atom. The standard InChI is InChI=1S/C38H43N5O12/c39-37-41-34-27(35(50)42-37)40-17-43(34)24-8-4-3-5-19(24)18-9-13-52-16-25-30(48)33(49)38(51,10-11-44)36(54-25)55-31-22(18)15-23-26(32(31)53-14-12-45)29(47)21-7-2-1-6-20(21)28(23)46/h1-8,15,18,25,27,30,33-34,36-37,40-41,44-45,48-49,51H,9-14,16-17,39H2,(H,42,50). The molecule has 292 valence electrons. The molecule has 0 radical (unpaired) electrons. The highest BCUT2D eigenvalue weighted by Crippen LogP contribution is 2.50. The monoisotopic (exact) mass is 761 g/mol. The van der Waals surface area contributed by atoms with E-state index in [1.165, 1.54) is 6.07 Å². The molecule has 3 aromatic carbocycles. The van der Waals surface area contributed by atoms with Crippen molar-refractivity contribution in [3.05, 3.63) is 88.0 Å². The van der Waals surface area contributed by atoms with Crippen molar-refractivity contribution in [1.29, 1.82) is 0 Å². The molecule has 1 aliphatic carbocycles. The summed E-state index contributed by atoms with van der Waals surface area (Å²) in [6, 6.07) is 14.7. The van der Waals surface area contributed by atoms with Crippen LogP contribution in [0.5, 0.6) is 11.5 Å². The molecule has 8 rings (SSSR count). The zero-order valence-corrected chi connectivity index (χ0v) is 29.6. The van der Waals surface area contributed by atoms with E-state index in [1.807, 2.05) is 29.2 Å². The van der Waals surface area contributed by atoms with E-state index in [4.69, 9.17) is 24.7 Å². The van der Waals surface area contributed by atoms with Crippen molar-refractivity contribution in [3.63, 3.8) is 0 Å². The lowest BCUT2D eigenvalue weighted by Gasteiger charge is -2.47. The minimum Gasteiger partial charge on any atom is -0.486 e. The Morgan fingerprint density at radius 3 is 2.47 bits per heavy atom. The molecular formula is C38H43N5O12. The normalized spacial score (nSPS) is 31.6. The number of nitrogens with zero attached hydrogens (tertiary/aromatic N) is 1. The summed E-state index contributed by atoms with van der Waals surface area (Å²) in [5.41, 5.74) is 5.63. The van der Waals surface area contributed by atoms with Crippen LogP contribution in [0, 0.1) is 0 Å². The summed E-state index contributed by atoms with van der Waals surface area (Å²) in [5.74, 6) is -2.32. The van der Waals surface area contributed by atoms with E-state index >= 15 is 0 Å². The first-order chi connectivity index (χ1) is 26.6. The van der Waals surface area contributed by atoms with E-state index in [9.17, 15) is 39.9 Å². The lowest BCUT2D eigenvalue weighted by molar-refractivity contribution is -0.324. The summed E-state index contributed by atoms with van der Waals surface area (Å²) < 4.78 is 24.9. The quantitative estimate of drug-likeness (QED) is 0.102. The third-order valence-electron chi connectivity index (χ3n) is 11.0. The van der Waals surface area contributed by atoms with Crippen molar-refractivity contribution < 1.29 is 58.9 Å². The highest BCUT2D eigenvalue weighted by molar-refractivity contribution is 6.29. The Hall–Kier alpha value is -4.53. The summed E-state index contributed by atoms with van der Waals surface area (Å²) in [5, 5.41) is 63.4. The Morgan fingerprint density at radius 1 is 0.964 bits per heavy atom. The molecule has 4 aliphatic heterocycles. The van der Waals surface area contributed by atoms with E-state index in [2.05, 4.69) is 16.0 Å². The van der Waals surface area contributed by atoms with Crippen LogP contribution in [0.4, 0.5) is 5.69 Å². The highest BCUT2D eigenvalue weighted by atomic mass is 16.7. The highest BCUT2D eigenvalue weighted by Gasteiger charge is 2.57. The maximum absolute atomic E-state index is 14.3. The van der Waals surface area contributed by atoms with Gasteiger partial charge in [0.15, 0.2) is 28.7 Å². The van der Waals surface area contributed by atoms with Gasteiger partial charge in [-0.3, -0.25) is 30.8 Å². The van der Waals surface area contributed by atoms with E-state index < -0.39 is 85.8 Å². The van der Waals surface area contributed by atoms with Crippen molar-refractivity contribution in [2.45, 2.75) is 67.5 Å². The second-order valence-corrected chi connectivity index (χ2v) is 14.2. The van der Waals surface area contributed by atoms with Crippen LogP contribution in [-0.2, 0) is 14.3 Å². The van der Waals surface area contributed by atoms with Gasteiger partial charge in [-0.1, -0.05) is 42.5 Å². The number of para-hydroxylation sites is 1. The van der Waals surface area contributed by atoms with Gasteiger partial charge in [-0.05, 0) is 24.1 Å². The van der Waals surface area contributed by atoms with Crippen molar-refractivity contribution in [2.24, 2.45) is 5.73 Å².